The van der Waals surface area contributed by atoms with E-state index in [0.717, 1.165) is 6.42 Å². The van der Waals surface area contributed by atoms with Crippen molar-refractivity contribution in [1.29, 1.82) is 0 Å². The Bertz CT molecular complexity index is 288. The summed E-state index contributed by atoms with van der Waals surface area (Å²) in [5.74, 6) is 0.104. The van der Waals surface area contributed by atoms with Crippen LogP contribution in [0.5, 0.6) is 0 Å². The van der Waals surface area contributed by atoms with Crippen molar-refractivity contribution in [3.05, 3.63) is 44.4 Å². The van der Waals surface area contributed by atoms with Crippen molar-refractivity contribution < 1.29 is 40.6 Å². The standard InChI is InChI=1S/C11H18O2.3CO.Fe/c1-4-5-6-7-8-9-10(2)13-11(3)12;3*1-2;/h8-9H,2,4-7H2,1,3H3;;;;/b9-8+;;;;. The molecule has 112 valence electrons. The Morgan fingerprint density at radius 1 is 1.15 bits per heavy atom. The quantitative estimate of drug-likeness (QED) is 0.143. The predicted molar refractivity (Wildman–Crippen MR) is 66.0 cm³/mol. The Morgan fingerprint density at radius 2 is 1.60 bits per heavy atom. The van der Waals surface area contributed by atoms with Crippen LogP contribution in [0, 0.1) is 20.0 Å². The third kappa shape index (κ3) is 43.8. The van der Waals surface area contributed by atoms with Crippen LogP contribution in [0.1, 0.15) is 39.5 Å². The molecule has 0 saturated heterocycles. The summed E-state index contributed by atoms with van der Waals surface area (Å²) >= 11 is 0. The molecule has 0 aromatic carbocycles. The van der Waals surface area contributed by atoms with Crippen molar-refractivity contribution in [2.75, 3.05) is 0 Å². The van der Waals surface area contributed by atoms with Gasteiger partial charge in [0.2, 0.25) is 0 Å². The Hall–Kier alpha value is -1.31. The molecule has 0 radical (unpaired) electrons. The number of carbonyl (C=O) groups excluding carboxylic acids is 1. The van der Waals surface area contributed by atoms with Crippen LogP contribution in [0.15, 0.2) is 24.5 Å². The molecule has 0 saturated carbocycles. The molecule has 0 spiro atoms. The van der Waals surface area contributed by atoms with Crippen molar-refractivity contribution in [1.82, 2.24) is 0 Å². The molecule has 0 aromatic rings. The fraction of sp³-hybridized carbons (Fsp3) is 0.429. The number of carbonyl (C=O) groups is 1. The Morgan fingerprint density at radius 3 is 1.95 bits per heavy atom. The van der Waals surface area contributed by atoms with Crippen LogP contribution < -0.4 is 0 Å². The van der Waals surface area contributed by atoms with Gasteiger partial charge in [0.25, 0.3) is 0 Å². The fourth-order valence-corrected chi connectivity index (χ4v) is 0.946. The Labute approximate surface area is 131 Å². The number of hydrogen-bond acceptors (Lipinski definition) is 2. The molecule has 20 heavy (non-hydrogen) atoms. The number of hydrogen-bond donors (Lipinski definition) is 0. The second-order valence-electron chi connectivity index (χ2n) is 2.96. The molecule has 0 aromatic heterocycles. The molecule has 0 fully saturated rings. The molecule has 0 amide bonds. The summed E-state index contributed by atoms with van der Waals surface area (Å²) < 4.78 is 27.2. The maximum atomic E-state index is 10.5. The Balaban J connectivity index is -0.0000000940. The van der Waals surface area contributed by atoms with Crippen LogP contribution in [0.25, 0.3) is 0 Å². The van der Waals surface area contributed by atoms with Gasteiger partial charge >= 0.3 is 39.9 Å². The van der Waals surface area contributed by atoms with E-state index >= 15 is 0 Å². The van der Waals surface area contributed by atoms with Crippen LogP contribution in [0.2, 0.25) is 0 Å². The monoisotopic (exact) mass is 322 g/mol. The maximum Gasteiger partial charge on any atom is 0 e. The third-order valence-electron chi connectivity index (χ3n) is 1.55. The normalized spacial score (nSPS) is 7.00. The number of esters is 1. The van der Waals surface area contributed by atoms with E-state index in [-0.39, 0.29) is 23.0 Å². The average Bonchev–Trinajstić information content (AvgIpc) is 2.44. The van der Waals surface area contributed by atoms with Gasteiger partial charge in [-0.2, -0.15) is 0 Å². The SMILES string of the molecule is C=C(/C=C/CCCCC)OC(C)=O.[C-]#[O+].[C-]#[O+].[C-]#[O+].[Fe]. The second kappa shape index (κ2) is 36.1. The van der Waals surface area contributed by atoms with Gasteiger partial charge in [0, 0.05) is 24.0 Å². The van der Waals surface area contributed by atoms with Gasteiger partial charge < -0.3 is 4.74 Å². The van der Waals surface area contributed by atoms with Gasteiger partial charge in [-0.25, -0.2) is 0 Å². The first-order valence-electron chi connectivity index (χ1n) is 5.32. The molecule has 6 heteroatoms. The topological polar surface area (TPSA) is 86.0 Å². The summed E-state index contributed by atoms with van der Waals surface area (Å²) in [4.78, 5) is 10.5. The van der Waals surface area contributed by atoms with Gasteiger partial charge in [-0.05, 0) is 18.9 Å². The molecule has 0 N–H and O–H groups in total. The van der Waals surface area contributed by atoms with Crippen LogP contribution in [0.3, 0.4) is 0 Å². The number of rotatable bonds is 6. The van der Waals surface area contributed by atoms with E-state index in [4.69, 9.17) is 18.7 Å². The number of unbranched alkanes of at least 4 members (excludes halogenated alkanes) is 3. The molecule has 0 aliphatic heterocycles. The average molecular weight is 322 g/mol. The molecular formula is C14H18FeO5. The van der Waals surface area contributed by atoms with E-state index in [1.807, 2.05) is 6.08 Å². The number of allylic oxidation sites excluding steroid dienone is 2. The molecule has 0 bridgehead atoms. The molecule has 5 nitrogen and oxygen atoms in total. The largest absolute Gasteiger partial charge is 0 e. The zero-order chi connectivity index (χ0) is 16.1. The fourth-order valence-electron chi connectivity index (χ4n) is 0.946. The van der Waals surface area contributed by atoms with Crippen molar-refractivity contribution >= 4 is 5.97 Å². The van der Waals surface area contributed by atoms with Gasteiger partial charge in [-0.1, -0.05) is 32.4 Å². The molecule has 0 rings (SSSR count). The second-order valence-corrected chi connectivity index (χ2v) is 2.96. The van der Waals surface area contributed by atoms with Gasteiger partial charge in [-0.3, -0.25) is 4.79 Å². The molecule has 0 aliphatic rings. The first-order valence-corrected chi connectivity index (χ1v) is 5.32. The van der Waals surface area contributed by atoms with E-state index in [1.165, 1.54) is 26.2 Å². The third-order valence-corrected chi connectivity index (χ3v) is 1.55. The summed E-state index contributed by atoms with van der Waals surface area (Å²) in [7, 11) is 0. The van der Waals surface area contributed by atoms with E-state index in [9.17, 15) is 4.79 Å². The molecule has 0 aliphatic carbocycles. The molecule has 0 heterocycles. The van der Waals surface area contributed by atoms with Gasteiger partial charge in [0.1, 0.15) is 5.76 Å². The van der Waals surface area contributed by atoms with E-state index in [0.29, 0.717) is 5.76 Å². The minimum Gasteiger partial charge on any atom is 0 e. The van der Waals surface area contributed by atoms with E-state index < -0.39 is 0 Å². The van der Waals surface area contributed by atoms with Crippen molar-refractivity contribution in [2.45, 2.75) is 39.5 Å². The minimum atomic E-state index is -0.316. The van der Waals surface area contributed by atoms with E-state index in [2.05, 4.69) is 33.5 Å². The van der Waals surface area contributed by atoms with Crippen LogP contribution in [-0.2, 0) is 40.6 Å². The zero-order valence-corrected chi connectivity index (χ0v) is 12.7. The first kappa shape index (κ1) is 31.2. The smallest absolute Gasteiger partial charge is 0 e. The predicted octanol–water partition coefficient (Wildman–Crippen LogP) is 3.08. The van der Waals surface area contributed by atoms with Crippen molar-refractivity contribution in [2.24, 2.45) is 0 Å². The van der Waals surface area contributed by atoms with Crippen molar-refractivity contribution in [3.63, 3.8) is 0 Å². The van der Waals surface area contributed by atoms with Crippen LogP contribution >= 0.6 is 0 Å². The maximum absolute atomic E-state index is 10.5. The molecule has 0 unspecified atom stereocenters. The number of ether oxygens (including phenoxy) is 1. The summed E-state index contributed by atoms with van der Waals surface area (Å²) in [6, 6.07) is 0. The van der Waals surface area contributed by atoms with E-state index in [1.54, 1.807) is 6.08 Å². The summed E-state index contributed by atoms with van der Waals surface area (Å²) in [5, 5.41) is 0. The van der Waals surface area contributed by atoms with Crippen molar-refractivity contribution in [3.8, 4) is 0 Å². The molecule has 0 atom stereocenters. The minimum absolute atomic E-state index is 0. The summed E-state index contributed by atoms with van der Waals surface area (Å²) in [6.07, 6.45) is 8.40. The van der Waals surface area contributed by atoms with Crippen LogP contribution in [0.4, 0.5) is 0 Å². The molecular weight excluding hydrogens is 304 g/mol. The first-order chi connectivity index (χ1) is 9.16. The van der Waals surface area contributed by atoms with Gasteiger partial charge in [0.15, 0.2) is 0 Å². The van der Waals surface area contributed by atoms with Gasteiger partial charge in [0.05, 0.1) is 0 Å². The van der Waals surface area contributed by atoms with Crippen LogP contribution in [-0.4, -0.2) is 5.97 Å². The summed E-state index contributed by atoms with van der Waals surface area (Å²) in [6.45, 7) is 20.6. The Kier molecular flexibility index (Phi) is 56.3. The summed E-state index contributed by atoms with van der Waals surface area (Å²) in [5.41, 5.74) is 0. The van der Waals surface area contributed by atoms with Gasteiger partial charge in [-0.15, -0.1) is 0 Å². The zero-order valence-electron chi connectivity index (χ0n) is 11.6.